The maximum absolute atomic E-state index is 12.8. The summed E-state index contributed by atoms with van der Waals surface area (Å²) >= 11 is 11.0. The molecule has 1 aromatic carbocycles. The molecule has 0 fully saturated rings. The van der Waals surface area contributed by atoms with Gasteiger partial charge in [-0.1, -0.05) is 29.3 Å². The van der Waals surface area contributed by atoms with Crippen molar-refractivity contribution < 1.29 is 0 Å². The number of benzene rings is 1. The summed E-state index contributed by atoms with van der Waals surface area (Å²) in [6, 6.07) is 7.73. The summed E-state index contributed by atoms with van der Waals surface area (Å²) in [5.41, 5.74) is 2.40. The molecule has 0 aliphatic heterocycles. The van der Waals surface area contributed by atoms with Gasteiger partial charge in [-0.05, 0) is 35.0 Å². The fourth-order valence-electron chi connectivity index (χ4n) is 2.43. The molecule has 3 aromatic heterocycles. The highest BCUT2D eigenvalue weighted by Gasteiger charge is 2.17. The third-order valence-corrected chi connectivity index (χ3v) is 5.91. The van der Waals surface area contributed by atoms with Gasteiger partial charge in [0.2, 0.25) is 0 Å². The molecule has 7 heteroatoms. The van der Waals surface area contributed by atoms with E-state index in [0.717, 1.165) is 11.3 Å². The lowest BCUT2D eigenvalue weighted by Gasteiger charge is -2.05. The van der Waals surface area contributed by atoms with Crippen LogP contribution < -0.4 is 5.56 Å². The monoisotopic (exact) mass is 405 g/mol. The van der Waals surface area contributed by atoms with Gasteiger partial charge in [0.25, 0.3) is 5.56 Å². The molecule has 0 N–H and O–H groups in total. The molecule has 0 saturated heterocycles. The van der Waals surface area contributed by atoms with Crippen LogP contribution in [0.2, 0.25) is 5.02 Å². The third-order valence-electron chi connectivity index (χ3n) is 3.62. The molecule has 23 heavy (non-hydrogen) atoms. The van der Waals surface area contributed by atoms with Crippen LogP contribution >= 0.6 is 38.9 Å². The standard InChI is InChI=1S/C16H9BrClN3OS/c1-8-2-4-9(5-3-8)21-7-20-13-11-12(18)10(17)6-19-15(11)23-14(13)16(21)22/h2-7H,1H3. The molecule has 4 nitrogen and oxygen atoms in total. The van der Waals surface area contributed by atoms with Gasteiger partial charge < -0.3 is 0 Å². The van der Waals surface area contributed by atoms with Crippen molar-refractivity contribution in [1.29, 1.82) is 0 Å². The van der Waals surface area contributed by atoms with E-state index in [1.807, 2.05) is 31.2 Å². The van der Waals surface area contributed by atoms with Crippen molar-refractivity contribution >= 4 is 59.3 Å². The van der Waals surface area contributed by atoms with Crippen molar-refractivity contribution in [3.63, 3.8) is 0 Å². The molecule has 0 radical (unpaired) electrons. The van der Waals surface area contributed by atoms with Crippen LogP contribution in [0.15, 0.2) is 46.1 Å². The molecule has 0 aliphatic carbocycles. The maximum atomic E-state index is 12.8. The fraction of sp³-hybridized carbons (Fsp3) is 0.0625. The summed E-state index contributed by atoms with van der Waals surface area (Å²) in [6.45, 7) is 2.01. The lowest BCUT2D eigenvalue weighted by molar-refractivity contribution is 0.966. The Balaban J connectivity index is 2.06. The van der Waals surface area contributed by atoms with E-state index in [-0.39, 0.29) is 5.56 Å². The zero-order valence-electron chi connectivity index (χ0n) is 11.9. The minimum Gasteiger partial charge on any atom is -0.267 e. The molecule has 0 atom stereocenters. The van der Waals surface area contributed by atoms with Crippen LogP contribution in [0.25, 0.3) is 26.1 Å². The Morgan fingerprint density at radius 2 is 1.96 bits per heavy atom. The SMILES string of the molecule is Cc1ccc(-n2cnc3c(sc4ncc(Br)c(Cl)c43)c2=O)cc1. The molecular formula is C16H9BrClN3OS. The Labute approximate surface area is 148 Å². The molecular weight excluding hydrogens is 398 g/mol. The van der Waals surface area contributed by atoms with Gasteiger partial charge in [0.05, 0.1) is 26.1 Å². The molecule has 114 valence electrons. The van der Waals surface area contributed by atoms with E-state index < -0.39 is 0 Å². The first-order chi connectivity index (χ1) is 11.1. The number of rotatable bonds is 1. The molecule has 4 aromatic rings. The highest BCUT2D eigenvalue weighted by molar-refractivity contribution is 9.10. The van der Waals surface area contributed by atoms with Crippen molar-refractivity contribution in [2.24, 2.45) is 0 Å². The maximum Gasteiger partial charge on any atom is 0.275 e. The smallest absolute Gasteiger partial charge is 0.267 e. The predicted octanol–water partition coefficient (Wildman–Crippen LogP) is 4.72. The number of thiophene rings is 1. The van der Waals surface area contributed by atoms with E-state index in [2.05, 4.69) is 25.9 Å². The Morgan fingerprint density at radius 3 is 2.70 bits per heavy atom. The second-order valence-corrected chi connectivity index (χ2v) is 7.37. The number of nitrogens with zero attached hydrogens (tertiary/aromatic N) is 3. The predicted molar refractivity (Wildman–Crippen MR) is 98.0 cm³/mol. The topological polar surface area (TPSA) is 47.8 Å². The summed E-state index contributed by atoms with van der Waals surface area (Å²) in [5.74, 6) is 0. The van der Waals surface area contributed by atoms with Gasteiger partial charge >= 0.3 is 0 Å². The molecule has 0 amide bonds. The van der Waals surface area contributed by atoms with Gasteiger partial charge in [0.15, 0.2) is 0 Å². The van der Waals surface area contributed by atoms with Crippen LogP contribution in [0, 0.1) is 6.92 Å². The van der Waals surface area contributed by atoms with E-state index in [1.54, 1.807) is 17.1 Å². The van der Waals surface area contributed by atoms with Crippen molar-refractivity contribution in [2.45, 2.75) is 6.92 Å². The van der Waals surface area contributed by atoms with Gasteiger partial charge in [-0.15, -0.1) is 11.3 Å². The number of aromatic nitrogens is 3. The van der Waals surface area contributed by atoms with Crippen molar-refractivity contribution in [2.75, 3.05) is 0 Å². The molecule has 0 unspecified atom stereocenters. The molecule has 0 saturated carbocycles. The largest absolute Gasteiger partial charge is 0.275 e. The van der Waals surface area contributed by atoms with Crippen LogP contribution in [0.3, 0.4) is 0 Å². The summed E-state index contributed by atoms with van der Waals surface area (Å²) in [7, 11) is 0. The van der Waals surface area contributed by atoms with Gasteiger partial charge in [0.1, 0.15) is 15.9 Å². The molecule has 0 spiro atoms. The van der Waals surface area contributed by atoms with Crippen LogP contribution in [0.5, 0.6) is 0 Å². The molecule has 0 aliphatic rings. The minimum atomic E-state index is -0.117. The van der Waals surface area contributed by atoms with E-state index in [1.165, 1.54) is 11.3 Å². The second kappa shape index (κ2) is 5.40. The normalized spacial score (nSPS) is 11.4. The molecule has 4 rings (SSSR count). The van der Waals surface area contributed by atoms with E-state index in [9.17, 15) is 4.79 Å². The van der Waals surface area contributed by atoms with E-state index in [4.69, 9.17) is 11.6 Å². The highest BCUT2D eigenvalue weighted by Crippen LogP contribution is 2.37. The number of aryl methyl sites for hydroxylation is 1. The number of hydrogen-bond acceptors (Lipinski definition) is 4. The minimum absolute atomic E-state index is 0.117. The number of fused-ring (bicyclic) bond motifs is 3. The summed E-state index contributed by atoms with van der Waals surface area (Å²) in [5, 5.41) is 1.25. The van der Waals surface area contributed by atoms with Gasteiger partial charge in [-0.2, -0.15) is 0 Å². The first-order valence-corrected chi connectivity index (χ1v) is 8.76. The average Bonchev–Trinajstić information content (AvgIpc) is 2.93. The third kappa shape index (κ3) is 2.29. The lowest BCUT2D eigenvalue weighted by atomic mass is 10.2. The lowest BCUT2D eigenvalue weighted by Crippen LogP contribution is -2.17. The van der Waals surface area contributed by atoms with E-state index in [0.29, 0.717) is 29.9 Å². The van der Waals surface area contributed by atoms with Crippen molar-refractivity contribution in [3.05, 3.63) is 62.2 Å². The number of pyridine rings is 1. The zero-order chi connectivity index (χ0) is 16.1. The Bertz CT molecular complexity index is 1120. The second-order valence-electron chi connectivity index (χ2n) is 5.14. The Morgan fingerprint density at radius 1 is 1.22 bits per heavy atom. The summed E-state index contributed by atoms with van der Waals surface area (Å²) in [6.07, 6.45) is 3.18. The fourth-order valence-corrected chi connectivity index (χ4v) is 4.05. The number of halogens is 2. The van der Waals surface area contributed by atoms with Crippen LogP contribution in [0.4, 0.5) is 0 Å². The van der Waals surface area contributed by atoms with Gasteiger partial charge in [-0.25, -0.2) is 9.97 Å². The first kappa shape index (κ1) is 14.8. The van der Waals surface area contributed by atoms with Crippen LogP contribution in [-0.2, 0) is 0 Å². The first-order valence-electron chi connectivity index (χ1n) is 6.77. The Kier molecular flexibility index (Phi) is 3.48. The van der Waals surface area contributed by atoms with Gasteiger partial charge in [-0.3, -0.25) is 9.36 Å². The van der Waals surface area contributed by atoms with E-state index >= 15 is 0 Å². The van der Waals surface area contributed by atoms with Crippen LogP contribution in [0.1, 0.15) is 5.56 Å². The van der Waals surface area contributed by atoms with Crippen LogP contribution in [-0.4, -0.2) is 14.5 Å². The summed E-state index contributed by atoms with van der Waals surface area (Å²) < 4.78 is 2.78. The van der Waals surface area contributed by atoms with Crippen molar-refractivity contribution in [1.82, 2.24) is 14.5 Å². The highest BCUT2D eigenvalue weighted by atomic mass is 79.9. The molecule has 0 bridgehead atoms. The Hall–Kier alpha value is -1.76. The van der Waals surface area contributed by atoms with Gasteiger partial charge in [0, 0.05) is 6.20 Å². The molecule has 3 heterocycles. The average molecular weight is 407 g/mol. The summed E-state index contributed by atoms with van der Waals surface area (Å²) in [4.78, 5) is 22.3. The quantitative estimate of drug-likeness (QED) is 0.459. The number of hydrogen-bond donors (Lipinski definition) is 0. The van der Waals surface area contributed by atoms with Crippen molar-refractivity contribution in [3.8, 4) is 5.69 Å². The zero-order valence-corrected chi connectivity index (χ0v) is 15.0.